The number of hydrogen-bond acceptors (Lipinski definition) is 4. The summed E-state index contributed by atoms with van der Waals surface area (Å²) in [5.74, 6) is -0.306. The Morgan fingerprint density at radius 1 is 1.20 bits per heavy atom. The smallest absolute Gasteiger partial charge is 0.385 e. The molecule has 3 rings (SSSR count). The summed E-state index contributed by atoms with van der Waals surface area (Å²) in [5, 5.41) is 10.8. The third-order valence-corrected chi connectivity index (χ3v) is 4.39. The molecule has 8 heteroatoms. The van der Waals surface area contributed by atoms with Gasteiger partial charge >= 0.3 is 6.18 Å². The second-order valence-corrected chi connectivity index (χ2v) is 5.99. The summed E-state index contributed by atoms with van der Waals surface area (Å²) in [6, 6.07) is 4.71. The number of aromatic nitrogens is 2. The largest absolute Gasteiger partial charge is 0.416 e. The molecule has 1 aliphatic rings. The van der Waals surface area contributed by atoms with Gasteiger partial charge in [-0.3, -0.25) is 9.78 Å². The zero-order valence-electron chi connectivity index (χ0n) is 13.2. The van der Waals surface area contributed by atoms with E-state index in [4.69, 9.17) is 0 Å². The Kier molecular flexibility index (Phi) is 4.47. The van der Waals surface area contributed by atoms with Crippen molar-refractivity contribution < 1.29 is 23.1 Å². The lowest BCUT2D eigenvalue weighted by atomic mass is 9.83. The van der Waals surface area contributed by atoms with E-state index in [1.807, 2.05) is 0 Å². The topological polar surface area (TPSA) is 66.3 Å². The Bertz CT molecular complexity index is 757. The summed E-state index contributed by atoms with van der Waals surface area (Å²) in [6.45, 7) is 0.449. The number of hydrogen-bond donors (Lipinski definition) is 1. The second kappa shape index (κ2) is 6.44. The number of carbonyl (C=O) groups excluding carboxylic acids is 1. The highest BCUT2D eigenvalue weighted by Gasteiger charge is 2.38. The van der Waals surface area contributed by atoms with Gasteiger partial charge in [-0.25, -0.2) is 4.98 Å². The van der Waals surface area contributed by atoms with Crippen LogP contribution in [-0.4, -0.2) is 39.0 Å². The average molecular weight is 351 g/mol. The first-order valence-corrected chi connectivity index (χ1v) is 7.75. The molecule has 1 aromatic heterocycles. The van der Waals surface area contributed by atoms with Crippen molar-refractivity contribution in [3.05, 3.63) is 59.7 Å². The van der Waals surface area contributed by atoms with Crippen molar-refractivity contribution in [2.24, 2.45) is 0 Å². The molecule has 1 aliphatic heterocycles. The van der Waals surface area contributed by atoms with Gasteiger partial charge in [-0.1, -0.05) is 12.1 Å². The predicted octanol–water partition coefficient (Wildman–Crippen LogP) is 2.62. The van der Waals surface area contributed by atoms with Crippen LogP contribution in [0.4, 0.5) is 13.2 Å². The minimum Gasteiger partial charge on any atom is -0.385 e. The van der Waals surface area contributed by atoms with Gasteiger partial charge in [-0.2, -0.15) is 13.2 Å². The third-order valence-electron chi connectivity index (χ3n) is 4.39. The minimum absolute atomic E-state index is 0.153. The molecular formula is C17H16F3N3O2. The second-order valence-electron chi connectivity index (χ2n) is 5.99. The van der Waals surface area contributed by atoms with E-state index in [2.05, 4.69) is 9.97 Å². The number of likely N-dealkylation sites (tertiary alicyclic amines) is 1. The first-order chi connectivity index (χ1) is 11.8. The molecule has 132 valence electrons. The van der Waals surface area contributed by atoms with Crippen LogP contribution in [-0.2, 0) is 11.8 Å². The summed E-state index contributed by atoms with van der Waals surface area (Å²) in [4.78, 5) is 21.6. The number of nitrogens with zero attached hydrogens (tertiary/aromatic N) is 3. The van der Waals surface area contributed by atoms with Crippen LogP contribution in [0.3, 0.4) is 0 Å². The Morgan fingerprint density at radius 2 is 1.92 bits per heavy atom. The van der Waals surface area contributed by atoms with Gasteiger partial charge in [0, 0.05) is 25.5 Å². The van der Waals surface area contributed by atoms with Crippen LogP contribution >= 0.6 is 0 Å². The molecule has 1 aromatic carbocycles. The van der Waals surface area contributed by atoms with Gasteiger partial charge in [0.25, 0.3) is 5.91 Å². The molecule has 2 heterocycles. The first kappa shape index (κ1) is 17.3. The molecule has 5 nitrogen and oxygen atoms in total. The number of aliphatic hydroxyl groups is 1. The van der Waals surface area contributed by atoms with Crippen molar-refractivity contribution in [3.8, 4) is 0 Å². The lowest BCUT2D eigenvalue weighted by molar-refractivity contribution is -0.137. The highest BCUT2D eigenvalue weighted by Crippen LogP contribution is 2.36. The maximum atomic E-state index is 12.9. The van der Waals surface area contributed by atoms with E-state index in [0.717, 1.165) is 12.1 Å². The van der Waals surface area contributed by atoms with Crippen molar-refractivity contribution in [2.45, 2.75) is 24.6 Å². The van der Waals surface area contributed by atoms with Crippen LogP contribution < -0.4 is 0 Å². The van der Waals surface area contributed by atoms with E-state index in [1.165, 1.54) is 35.6 Å². The van der Waals surface area contributed by atoms with Crippen molar-refractivity contribution in [1.29, 1.82) is 0 Å². The molecule has 2 aromatic rings. The van der Waals surface area contributed by atoms with Crippen molar-refractivity contribution in [1.82, 2.24) is 14.9 Å². The molecule has 25 heavy (non-hydrogen) atoms. The lowest BCUT2D eigenvalue weighted by Gasteiger charge is -2.38. The highest BCUT2D eigenvalue weighted by atomic mass is 19.4. The summed E-state index contributed by atoms with van der Waals surface area (Å²) >= 11 is 0. The molecule has 0 radical (unpaired) electrons. The van der Waals surface area contributed by atoms with Gasteiger partial charge in [0.05, 0.1) is 17.4 Å². The number of carbonyl (C=O) groups is 1. The van der Waals surface area contributed by atoms with E-state index in [0.29, 0.717) is 0 Å². The molecule has 1 N–H and O–H groups in total. The van der Waals surface area contributed by atoms with Crippen LogP contribution in [0.1, 0.15) is 34.5 Å². The van der Waals surface area contributed by atoms with E-state index in [1.54, 1.807) is 0 Å². The molecule has 0 bridgehead atoms. The third kappa shape index (κ3) is 3.63. The molecule has 1 amide bonds. The van der Waals surface area contributed by atoms with Gasteiger partial charge < -0.3 is 10.0 Å². The quantitative estimate of drug-likeness (QED) is 0.903. The number of halogens is 3. The first-order valence-electron chi connectivity index (χ1n) is 7.75. The lowest BCUT2D eigenvalue weighted by Crippen LogP contribution is -2.45. The molecule has 0 spiro atoms. The van der Waals surface area contributed by atoms with E-state index in [-0.39, 0.29) is 43.1 Å². The number of benzene rings is 1. The predicted molar refractivity (Wildman–Crippen MR) is 82.5 cm³/mol. The molecule has 1 fully saturated rings. The van der Waals surface area contributed by atoms with Gasteiger partial charge in [-0.15, -0.1) is 0 Å². The van der Waals surface area contributed by atoms with Crippen LogP contribution in [0.25, 0.3) is 0 Å². The average Bonchev–Trinajstić information content (AvgIpc) is 2.62. The monoisotopic (exact) mass is 351 g/mol. The van der Waals surface area contributed by atoms with Crippen LogP contribution in [0.15, 0.2) is 42.9 Å². The Hall–Kier alpha value is -2.48. The van der Waals surface area contributed by atoms with Crippen molar-refractivity contribution in [3.63, 3.8) is 0 Å². The summed E-state index contributed by atoms with van der Waals surface area (Å²) in [6.07, 6.45) is 0.0705. The summed E-state index contributed by atoms with van der Waals surface area (Å²) in [5.41, 5.74) is -1.77. The zero-order chi connectivity index (χ0) is 18.1. The summed E-state index contributed by atoms with van der Waals surface area (Å²) < 4.78 is 38.6. The molecular weight excluding hydrogens is 335 g/mol. The number of alkyl halides is 3. The molecule has 0 aliphatic carbocycles. The van der Waals surface area contributed by atoms with Gasteiger partial charge in [0.15, 0.2) is 0 Å². The maximum Gasteiger partial charge on any atom is 0.416 e. The standard InChI is InChI=1S/C17H16F3N3O2/c18-17(19,20)13-3-1-2-12(10-13)16(25)4-8-23(9-5-16)15(24)14-11-21-6-7-22-14/h1-3,6-7,10-11,25H,4-5,8-9H2. The van der Waals surface area contributed by atoms with E-state index >= 15 is 0 Å². The SMILES string of the molecule is O=C(c1cnccn1)N1CCC(O)(c2cccc(C(F)(F)F)c2)CC1. The molecule has 0 atom stereocenters. The number of amides is 1. The number of rotatable bonds is 2. The fourth-order valence-electron chi connectivity index (χ4n) is 2.92. The Morgan fingerprint density at radius 3 is 2.52 bits per heavy atom. The molecule has 0 saturated carbocycles. The summed E-state index contributed by atoms with van der Waals surface area (Å²) in [7, 11) is 0. The minimum atomic E-state index is -4.46. The van der Waals surface area contributed by atoms with Crippen LogP contribution in [0.2, 0.25) is 0 Å². The van der Waals surface area contributed by atoms with E-state index in [9.17, 15) is 23.1 Å². The van der Waals surface area contributed by atoms with Gasteiger partial charge in [-0.05, 0) is 30.5 Å². The number of piperidine rings is 1. The molecule has 0 unspecified atom stereocenters. The Balaban J connectivity index is 1.74. The van der Waals surface area contributed by atoms with Crippen LogP contribution in [0.5, 0.6) is 0 Å². The van der Waals surface area contributed by atoms with Gasteiger partial charge in [0.1, 0.15) is 5.69 Å². The van der Waals surface area contributed by atoms with E-state index < -0.39 is 17.3 Å². The maximum absolute atomic E-state index is 12.9. The molecule has 1 saturated heterocycles. The van der Waals surface area contributed by atoms with Gasteiger partial charge in [0.2, 0.25) is 0 Å². The highest BCUT2D eigenvalue weighted by molar-refractivity contribution is 5.92. The Labute approximate surface area is 142 Å². The fraction of sp³-hybridized carbons (Fsp3) is 0.353. The van der Waals surface area contributed by atoms with Crippen molar-refractivity contribution >= 4 is 5.91 Å². The van der Waals surface area contributed by atoms with Crippen LogP contribution in [0, 0.1) is 0 Å². The zero-order valence-corrected chi connectivity index (χ0v) is 13.2. The van der Waals surface area contributed by atoms with Crippen molar-refractivity contribution in [2.75, 3.05) is 13.1 Å². The fourth-order valence-corrected chi connectivity index (χ4v) is 2.92. The normalized spacial score (nSPS) is 17.4.